The molecule has 0 bridgehead atoms. The molecule has 2 heterocycles. The molecule has 0 aromatic rings. The fourth-order valence-corrected chi connectivity index (χ4v) is 3.29. The maximum atomic E-state index is 11.5. The summed E-state index contributed by atoms with van der Waals surface area (Å²) in [5, 5.41) is 4.10. The van der Waals surface area contributed by atoms with Crippen LogP contribution in [0.3, 0.4) is 0 Å². The Morgan fingerprint density at radius 1 is 0.867 bits per heavy atom. The number of piperidine rings is 1. The predicted molar refractivity (Wildman–Crippen MR) is 58.3 cm³/mol. The van der Waals surface area contributed by atoms with Gasteiger partial charge in [0.25, 0.3) is 0 Å². The summed E-state index contributed by atoms with van der Waals surface area (Å²) in [5.74, 6) is 0. The molecule has 2 aliphatic rings. The molecule has 2 rings (SSSR count). The van der Waals surface area contributed by atoms with E-state index in [9.17, 15) is 8.42 Å². The van der Waals surface area contributed by atoms with Gasteiger partial charge in [-0.2, -0.15) is 5.12 Å². The fraction of sp³-hybridized carbons (Fsp3) is 1.00. The van der Waals surface area contributed by atoms with Crippen LogP contribution in [0.25, 0.3) is 0 Å². The molecule has 2 fully saturated rings. The first kappa shape index (κ1) is 11.3. The van der Waals surface area contributed by atoms with E-state index in [1.165, 1.54) is 29.9 Å². The minimum atomic E-state index is -3.08. The van der Waals surface area contributed by atoms with Crippen LogP contribution in [-0.2, 0) is 10.0 Å². The van der Waals surface area contributed by atoms with Crippen LogP contribution < -0.4 is 0 Å². The molecule has 15 heavy (non-hydrogen) atoms. The second kappa shape index (κ2) is 4.37. The molecule has 0 atom stereocenters. The maximum absolute atomic E-state index is 11.5. The molecule has 5 nitrogen and oxygen atoms in total. The Morgan fingerprint density at radius 2 is 1.53 bits per heavy atom. The van der Waals surface area contributed by atoms with Gasteiger partial charge < -0.3 is 0 Å². The highest BCUT2D eigenvalue weighted by Crippen LogP contribution is 2.20. The molecule has 0 N–H and O–H groups in total. The van der Waals surface area contributed by atoms with E-state index in [-0.39, 0.29) is 0 Å². The van der Waals surface area contributed by atoms with Gasteiger partial charge in [0, 0.05) is 26.2 Å². The van der Waals surface area contributed by atoms with Crippen molar-refractivity contribution in [3.8, 4) is 0 Å². The van der Waals surface area contributed by atoms with Gasteiger partial charge in [0.1, 0.15) is 0 Å². The highest BCUT2D eigenvalue weighted by atomic mass is 32.2. The van der Waals surface area contributed by atoms with Gasteiger partial charge >= 0.3 is 0 Å². The van der Waals surface area contributed by atoms with E-state index in [1.807, 2.05) is 5.12 Å². The van der Waals surface area contributed by atoms with Crippen molar-refractivity contribution in [1.29, 1.82) is 0 Å². The van der Waals surface area contributed by atoms with E-state index in [0.717, 1.165) is 26.1 Å². The molecule has 0 unspecified atom stereocenters. The summed E-state index contributed by atoms with van der Waals surface area (Å²) in [6, 6.07) is 0. The minimum absolute atomic E-state index is 0.634. The van der Waals surface area contributed by atoms with E-state index < -0.39 is 10.0 Å². The van der Waals surface area contributed by atoms with E-state index in [4.69, 9.17) is 0 Å². The van der Waals surface area contributed by atoms with Crippen LogP contribution in [0.1, 0.15) is 25.7 Å². The van der Waals surface area contributed by atoms with Crippen molar-refractivity contribution in [2.45, 2.75) is 25.7 Å². The van der Waals surface area contributed by atoms with Gasteiger partial charge in [0.2, 0.25) is 10.0 Å². The Morgan fingerprint density at radius 3 is 2.13 bits per heavy atom. The molecule has 88 valence electrons. The van der Waals surface area contributed by atoms with Gasteiger partial charge in [-0.15, -0.1) is 4.41 Å². The lowest BCUT2D eigenvalue weighted by Crippen LogP contribution is -2.52. The molecule has 0 aromatic heterocycles. The lowest BCUT2D eigenvalue weighted by molar-refractivity contribution is -0.117. The van der Waals surface area contributed by atoms with E-state index in [0.29, 0.717) is 6.54 Å². The molecule has 0 aliphatic carbocycles. The monoisotopic (exact) mass is 233 g/mol. The standard InChI is InChI=1S/C9H19N3O2S/c1-15(13,14)12-9-5-8-11(12)10-6-3-2-4-7-10/h2-9H2,1H3. The summed E-state index contributed by atoms with van der Waals surface area (Å²) in [6.07, 6.45) is 5.84. The molecular formula is C9H19N3O2S. The zero-order chi connectivity index (χ0) is 10.9. The fourth-order valence-electron chi connectivity index (χ4n) is 2.30. The summed E-state index contributed by atoms with van der Waals surface area (Å²) in [4.78, 5) is 0. The van der Waals surface area contributed by atoms with Gasteiger partial charge in [-0.05, 0) is 19.3 Å². The second-order valence-corrected chi connectivity index (χ2v) is 6.16. The molecular weight excluding hydrogens is 214 g/mol. The van der Waals surface area contributed by atoms with E-state index in [1.54, 1.807) is 0 Å². The van der Waals surface area contributed by atoms with Crippen LogP contribution in [0, 0.1) is 0 Å². The largest absolute Gasteiger partial charge is 0.227 e. The van der Waals surface area contributed by atoms with Gasteiger partial charge in [0.15, 0.2) is 0 Å². The Bertz CT molecular complexity index is 311. The molecule has 6 heteroatoms. The zero-order valence-electron chi connectivity index (χ0n) is 9.22. The molecule has 0 amide bonds. The van der Waals surface area contributed by atoms with Crippen molar-refractivity contribution in [3.05, 3.63) is 0 Å². The number of hydrogen-bond donors (Lipinski definition) is 0. The Balaban J connectivity index is 2.07. The predicted octanol–water partition coefficient (Wildman–Crippen LogP) is 0.270. The lowest BCUT2D eigenvalue weighted by Gasteiger charge is -2.38. The van der Waals surface area contributed by atoms with Gasteiger partial charge in [-0.1, -0.05) is 6.42 Å². The normalized spacial score (nSPS) is 27.3. The maximum Gasteiger partial charge on any atom is 0.225 e. The molecule has 0 saturated carbocycles. The molecule has 2 saturated heterocycles. The van der Waals surface area contributed by atoms with Crippen LogP contribution in [0.5, 0.6) is 0 Å². The Hall–Kier alpha value is -0.170. The number of sulfonamides is 1. The topological polar surface area (TPSA) is 43.9 Å². The first-order valence-corrected chi connectivity index (χ1v) is 7.44. The summed E-state index contributed by atoms with van der Waals surface area (Å²) in [6.45, 7) is 3.46. The lowest BCUT2D eigenvalue weighted by atomic mass is 10.2. The molecule has 2 aliphatic heterocycles. The summed E-state index contributed by atoms with van der Waals surface area (Å²) < 4.78 is 24.6. The third-order valence-electron chi connectivity index (χ3n) is 3.01. The van der Waals surface area contributed by atoms with Crippen LogP contribution in [0.15, 0.2) is 0 Å². The van der Waals surface area contributed by atoms with Crippen molar-refractivity contribution in [2.24, 2.45) is 0 Å². The molecule has 0 radical (unpaired) electrons. The van der Waals surface area contributed by atoms with Crippen LogP contribution in [0.4, 0.5) is 0 Å². The van der Waals surface area contributed by atoms with Gasteiger partial charge in [0.05, 0.1) is 6.26 Å². The quantitative estimate of drug-likeness (QED) is 0.687. The number of hydrogen-bond acceptors (Lipinski definition) is 4. The molecule has 0 spiro atoms. The van der Waals surface area contributed by atoms with Crippen LogP contribution in [0.2, 0.25) is 0 Å². The first-order chi connectivity index (χ1) is 7.09. The summed E-state index contributed by atoms with van der Waals surface area (Å²) >= 11 is 0. The number of rotatable bonds is 2. The van der Waals surface area contributed by atoms with Crippen LogP contribution >= 0.6 is 0 Å². The van der Waals surface area contributed by atoms with Crippen molar-refractivity contribution in [2.75, 3.05) is 32.4 Å². The average molecular weight is 233 g/mol. The van der Waals surface area contributed by atoms with Crippen molar-refractivity contribution < 1.29 is 8.42 Å². The third kappa shape index (κ3) is 2.50. The van der Waals surface area contributed by atoms with Crippen LogP contribution in [-0.4, -0.2) is 55.4 Å². The minimum Gasteiger partial charge on any atom is -0.227 e. The van der Waals surface area contributed by atoms with Crippen molar-refractivity contribution >= 4 is 10.0 Å². The third-order valence-corrected chi connectivity index (χ3v) is 4.14. The Labute approximate surface area is 91.6 Å². The average Bonchev–Trinajstić information content (AvgIpc) is 2.67. The SMILES string of the molecule is CS(=O)(=O)N1CCCN1N1CCCCC1. The molecule has 0 aromatic carbocycles. The van der Waals surface area contributed by atoms with Crippen molar-refractivity contribution in [1.82, 2.24) is 14.5 Å². The van der Waals surface area contributed by atoms with E-state index >= 15 is 0 Å². The number of nitrogens with zero attached hydrogens (tertiary/aromatic N) is 3. The zero-order valence-corrected chi connectivity index (χ0v) is 10.0. The number of hydrazine groups is 2. The van der Waals surface area contributed by atoms with Gasteiger partial charge in [-0.25, -0.2) is 13.4 Å². The Kier molecular flexibility index (Phi) is 3.30. The second-order valence-electron chi connectivity index (χ2n) is 4.27. The van der Waals surface area contributed by atoms with Gasteiger partial charge in [-0.3, -0.25) is 0 Å². The van der Waals surface area contributed by atoms with E-state index in [2.05, 4.69) is 5.01 Å². The summed E-state index contributed by atoms with van der Waals surface area (Å²) in [5.41, 5.74) is 0. The van der Waals surface area contributed by atoms with Crippen molar-refractivity contribution in [3.63, 3.8) is 0 Å². The summed E-state index contributed by atoms with van der Waals surface area (Å²) in [7, 11) is -3.08. The highest BCUT2D eigenvalue weighted by molar-refractivity contribution is 7.88. The first-order valence-electron chi connectivity index (χ1n) is 5.59. The smallest absolute Gasteiger partial charge is 0.225 e. The highest BCUT2D eigenvalue weighted by Gasteiger charge is 2.33.